The maximum Gasteiger partial charge on any atom is 0.123 e. The topological polar surface area (TPSA) is 32.7 Å². The van der Waals surface area contributed by atoms with Crippen molar-refractivity contribution in [2.24, 2.45) is 0 Å². The third-order valence-corrected chi connectivity index (χ3v) is 5.35. The molecular formula is C29H27NO2. The van der Waals surface area contributed by atoms with Crippen molar-refractivity contribution in [3.63, 3.8) is 0 Å². The molecule has 0 heterocycles. The molecule has 0 aliphatic heterocycles. The highest BCUT2D eigenvalue weighted by atomic mass is 16.5. The first-order chi connectivity index (χ1) is 15.5. The monoisotopic (exact) mass is 421 g/mol. The Bertz CT molecular complexity index is 1160. The second-order valence-electron chi connectivity index (χ2n) is 7.90. The van der Waals surface area contributed by atoms with Crippen LogP contribution in [0.1, 0.15) is 22.3 Å². The molecule has 3 nitrogen and oxygen atoms in total. The molecule has 0 spiro atoms. The van der Waals surface area contributed by atoms with Crippen molar-refractivity contribution in [2.45, 2.75) is 13.8 Å². The molecule has 4 aromatic rings. The van der Waals surface area contributed by atoms with E-state index in [1.54, 1.807) is 19.2 Å². The van der Waals surface area contributed by atoms with Crippen LogP contribution in [0.2, 0.25) is 0 Å². The van der Waals surface area contributed by atoms with Crippen LogP contribution in [0.15, 0.2) is 91.0 Å². The molecule has 0 atom stereocenters. The van der Waals surface area contributed by atoms with Crippen LogP contribution < -0.4 is 9.64 Å². The molecule has 0 radical (unpaired) electrons. The quantitative estimate of drug-likeness (QED) is 0.324. The van der Waals surface area contributed by atoms with E-state index in [1.165, 1.54) is 11.1 Å². The lowest BCUT2D eigenvalue weighted by Gasteiger charge is -2.25. The molecule has 0 bridgehead atoms. The summed E-state index contributed by atoms with van der Waals surface area (Å²) in [5, 5.41) is 9.85. The highest BCUT2D eigenvalue weighted by Gasteiger charge is 2.12. The van der Waals surface area contributed by atoms with Crippen molar-refractivity contribution in [1.29, 1.82) is 0 Å². The Kier molecular flexibility index (Phi) is 6.27. The van der Waals surface area contributed by atoms with Crippen LogP contribution in [0.4, 0.5) is 17.1 Å². The summed E-state index contributed by atoms with van der Waals surface area (Å²) in [5.41, 5.74) is 7.76. The van der Waals surface area contributed by atoms with Crippen LogP contribution in [-0.4, -0.2) is 12.2 Å². The minimum absolute atomic E-state index is 0.186. The highest BCUT2D eigenvalue weighted by molar-refractivity contribution is 5.78. The number of anilines is 3. The molecule has 0 saturated heterocycles. The summed E-state index contributed by atoms with van der Waals surface area (Å²) < 4.78 is 5.23. The third kappa shape index (κ3) is 5.01. The molecule has 0 unspecified atom stereocenters. The Labute approximate surface area is 189 Å². The summed E-state index contributed by atoms with van der Waals surface area (Å²) in [5.74, 6) is 0.818. The molecule has 0 aliphatic rings. The zero-order valence-corrected chi connectivity index (χ0v) is 18.6. The molecule has 4 aromatic carbocycles. The number of ether oxygens (including phenoxy) is 1. The summed E-state index contributed by atoms with van der Waals surface area (Å²) in [4.78, 5) is 2.26. The molecule has 0 aromatic heterocycles. The fourth-order valence-electron chi connectivity index (χ4n) is 3.58. The predicted octanol–water partition coefficient (Wildman–Crippen LogP) is 7.66. The number of rotatable bonds is 6. The Morgan fingerprint density at radius 2 is 1.09 bits per heavy atom. The number of methoxy groups -OCH3 is 1. The van der Waals surface area contributed by atoms with Gasteiger partial charge in [0, 0.05) is 23.1 Å². The molecule has 160 valence electrons. The molecule has 0 aliphatic carbocycles. The van der Waals surface area contributed by atoms with E-state index in [0.717, 1.165) is 28.2 Å². The van der Waals surface area contributed by atoms with Crippen LogP contribution in [0.3, 0.4) is 0 Å². The van der Waals surface area contributed by atoms with E-state index >= 15 is 0 Å². The fraction of sp³-hybridized carbons (Fsp3) is 0.103. The van der Waals surface area contributed by atoms with Gasteiger partial charge >= 0.3 is 0 Å². The highest BCUT2D eigenvalue weighted by Crippen LogP contribution is 2.35. The maximum absolute atomic E-state index is 9.85. The number of hydrogen-bond donors (Lipinski definition) is 1. The van der Waals surface area contributed by atoms with Crippen LogP contribution in [0.5, 0.6) is 11.5 Å². The normalized spacial score (nSPS) is 11.0. The van der Waals surface area contributed by atoms with E-state index in [-0.39, 0.29) is 5.75 Å². The number of phenols is 1. The van der Waals surface area contributed by atoms with Crippen LogP contribution in [0, 0.1) is 13.8 Å². The maximum atomic E-state index is 9.85. The summed E-state index contributed by atoms with van der Waals surface area (Å²) >= 11 is 0. The van der Waals surface area contributed by atoms with E-state index in [0.29, 0.717) is 5.75 Å². The molecular weight excluding hydrogens is 394 g/mol. The van der Waals surface area contributed by atoms with Crippen LogP contribution in [0.25, 0.3) is 12.2 Å². The summed E-state index contributed by atoms with van der Waals surface area (Å²) in [7, 11) is 1.59. The van der Waals surface area contributed by atoms with Gasteiger partial charge in [-0.3, -0.25) is 0 Å². The van der Waals surface area contributed by atoms with Gasteiger partial charge in [0.05, 0.1) is 7.11 Å². The Hall–Kier alpha value is -3.98. The third-order valence-electron chi connectivity index (χ3n) is 5.35. The van der Waals surface area contributed by atoms with Gasteiger partial charge in [0.25, 0.3) is 0 Å². The van der Waals surface area contributed by atoms with Gasteiger partial charge in [-0.2, -0.15) is 0 Å². The SMILES string of the molecule is COc1cc(O)cc(C=Cc2ccc(N(c3ccc(C)cc3)c3ccc(C)cc3)cc2)c1. The van der Waals surface area contributed by atoms with Crippen molar-refractivity contribution in [3.8, 4) is 11.5 Å². The number of nitrogens with zero attached hydrogens (tertiary/aromatic N) is 1. The molecule has 3 heteroatoms. The number of phenolic OH excluding ortho intramolecular Hbond substituents is 1. The molecule has 0 amide bonds. The van der Waals surface area contributed by atoms with Crippen molar-refractivity contribution in [1.82, 2.24) is 0 Å². The van der Waals surface area contributed by atoms with Gasteiger partial charge in [0.15, 0.2) is 0 Å². The van der Waals surface area contributed by atoms with E-state index in [2.05, 4.69) is 91.5 Å². The predicted molar refractivity (Wildman–Crippen MR) is 134 cm³/mol. The second-order valence-corrected chi connectivity index (χ2v) is 7.90. The first-order valence-electron chi connectivity index (χ1n) is 10.6. The van der Waals surface area contributed by atoms with E-state index < -0.39 is 0 Å². The first kappa shape index (κ1) is 21.3. The zero-order valence-electron chi connectivity index (χ0n) is 18.6. The summed E-state index contributed by atoms with van der Waals surface area (Å²) in [6, 6.07) is 30.8. The first-order valence-corrected chi connectivity index (χ1v) is 10.6. The largest absolute Gasteiger partial charge is 0.508 e. The van der Waals surface area contributed by atoms with Crippen molar-refractivity contribution in [2.75, 3.05) is 12.0 Å². The molecule has 0 fully saturated rings. The lowest BCUT2D eigenvalue weighted by Crippen LogP contribution is -2.09. The second kappa shape index (κ2) is 9.44. The molecule has 4 rings (SSSR count). The van der Waals surface area contributed by atoms with Crippen LogP contribution >= 0.6 is 0 Å². The lowest BCUT2D eigenvalue weighted by atomic mass is 10.1. The zero-order chi connectivity index (χ0) is 22.5. The van der Waals surface area contributed by atoms with Gasteiger partial charge in [-0.1, -0.05) is 59.7 Å². The average molecular weight is 422 g/mol. The van der Waals surface area contributed by atoms with Crippen molar-refractivity contribution in [3.05, 3.63) is 113 Å². The Morgan fingerprint density at radius 3 is 1.59 bits per heavy atom. The lowest BCUT2D eigenvalue weighted by molar-refractivity contribution is 0.407. The van der Waals surface area contributed by atoms with Gasteiger partial charge in [-0.05, 0) is 73.5 Å². The van der Waals surface area contributed by atoms with Gasteiger partial charge in [0.2, 0.25) is 0 Å². The minimum atomic E-state index is 0.186. The number of benzene rings is 4. The smallest absolute Gasteiger partial charge is 0.123 e. The van der Waals surface area contributed by atoms with Crippen molar-refractivity contribution < 1.29 is 9.84 Å². The van der Waals surface area contributed by atoms with E-state index in [1.807, 2.05) is 18.2 Å². The van der Waals surface area contributed by atoms with Crippen LogP contribution in [-0.2, 0) is 0 Å². The number of aromatic hydroxyl groups is 1. The summed E-state index contributed by atoms with van der Waals surface area (Å²) in [6.45, 7) is 4.20. The average Bonchev–Trinajstić information content (AvgIpc) is 2.81. The van der Waals surface area contributed by atoms with Gasteiger partial charge in [-0.15, -0.1) is 0 Å². The van der Waals surface area contributed by atoms with E-state index in [4.69, 9.17) is 4.74 Å². The van der Waals surface area contributed by atoms with Gasteiger partial charge in [0.1, 0.15) is 11.5 Å². The fourth-order valence-corrected chi connectivity index (χ4v) is 3.58. The number of hydrogen-bond acceptors (Lipinski definition) is 3. The number of aryl methyl sites for hydroxylation is 2. The van der Waals surface area contributed by atoms with E-state index in [9.17, 15) is 5.11 Å². The molecule has 32 heavy (non-hydrogen) atoms. The summed E-state index contributed by atoms with van der Waals surface area (Å²) in [6.07, 6.45) is 4.00. The van der Waals surface area contributed by atoms with Gasteiger partial charge < -0.3 is 14.7 Å². The van der Waals surface area contributed by atoms with Crippen molar-refractivity contribution >= 4 is 29.2 Å². The Morgan fingerprint density at radius 1 is 0.625 bits per heavy atom. The standard InChI is InChI=1S/C29H27NO2/c1-21-4-12-25(13-5-21)30(26-14-6-22(2)7-15-26)27-16-10-23(11-17-27)8-9-24-18-28(31)20-29(19-24)32-3/h4-20,31H,1-3H3. The molecule has 1 N–H and O–H groups in total. The van der Waals surface area contributed by atoms with Gasteiger partial charge in [-0.25, -0.2) is 0 Å². The minimum Gasteiger partial charge on any atom is -0.508 e. The Balaban J connectivity index is 1.64. The molecule has 0 saturated carbocycles.